The summed E-state index contributed by atoms with van der Waals surface area (Å²) in [6, 6.07) is 10.3. The lowest BCUT2D eigenvalue weighted by molar-refractivity contribution is 0.216. The Morgan fingerprint density at radius 2 is 1.81 bits per heavy atom. The molecule has 0 aliphatic rings. The van der Waals surface area contributed by atoms with E-state index in [4.69, 9.17) is 14.8 Å². The van der Waals surface area contributed by atoms with E-state index in [1.165, 1.54) is 5.56 Å². The maximum Gasteiger partial charge on any atom is 0.351 e. The van der Waals surface area contributed by atoms with Crippen LogP contribution in [0.25, 0.3) is 0 Å². The SMILES string of the molecule is CCOP(=O)(OCC)[C@H](N)C=CCCCc1ccccc1. The number of hydrogen-bond acceptors (Lipinski definition) is 4. The quantitative estimate of drug-likeness (QED) is 0.401. The van der Waals surface area contributed by atoms with E-state index in [0.29, 0.717) is 13.2 Å². The van der Waals surface area contributed by atoms with Crippen molar-refractivity contribution in [2.75, 3.05) is 13.2 Å². The van der Waals surface area contributed by atoms with E-state index < -0.39 is 13.4 Å². The van der Waals surface area contributed by atoms with E-state index in [9.17, 15) is 4.57 Å². The third-order valence-corrected chi connectivity index (χ3v) is 5.13. The Labute approximate surface area is 127 Å². The summed E-state index contributed by atoms with van der Waals surface area (Å²) in [5, 5.41) is 0. The molecule has 4 nitrogen and oxygen atoms in total. The molecular formula is C16H26NO3P. The van der Waals surface area contributed by atoms with Crippen molar-refractivity contribution >= 4 is 7.60 Å². The predicted molar refractivity (Wildman–Crippen MR) is 87.4 cm³/mol. The second kappa shape index (κ2) is 9.91. The summed E-state index contributed by atoms with van der Waals surface area (Å²) in [6.45, 7) is 4.21. The molecule has 1 aromatic rings. The number of benzene rings is 1. The molecule has 0 bridgehead atoms. The fourth-order valence-corrected chi connectivity index (χ4v) is 3.45. The number of aryl methyl sites for hydroxylation is 1. The first-order valence-corrected chi connectivity index (χ1v) is 9.08. The first-order chi connectivity index (χ1) is 10.1. The zero-order valence-electron chi connectivity index (χ0n) is 12.9. The monoisotopic (exact) mass is 311 g/mol. The molecule has 0 radical (unpaired) electrons. The minimum Gasteiger partial charge on any atom is -0.314 e. The molecule has 1 rings (SSSR count). The van der Waals surface area contributed by atoms with E-state index in [1.807, 2.05) is 24.3 Å². The molecule has 0 unspecified atom stereocenters. The van der Waals surface area contributed by atoms with Crippen LogP contribution in [-0.2, 0) is 20.0 Å². The zero-order chi connectivity index (χ0) is 15.6. The average Bonchev–Trinajstić information content (AvgIpc) is 2.48. The van der Waals surface area contributed by atoms with Gasteiger partial charge in [-0.05, 0) is 38.7 Å². The van der Waals surface area contributed by atoms with Gasteiger partial charge < -0.3 is 14.8 Å². The first kappa shape index (κ1) is 18.1. The van der Waals surface area contributed by atoms with Crippen LogP contribution in [0.1, 0.15) is 32.3 Å². The van der Waals surface area contributed by atoms with E-state index >= 15 is 0 Å². The van der Waals surface area contributed by atoms with Gasteiger partial charge in [-0.2, -0.15) is 0 Å². The van der Waals surface area contributed by atoms with Gasteiger partial charge in [0.2, 0.25) is 0 Å². The van der Waals surface area contributed by atoms with Gasteiger partial charge in [-0.25, -0.2) is 0 Å². The number of unbranched alkanes of at least 4 members (excludes halogenated alkanes) is 1. The van der Waals surface area contributed by atoms with Gasteiger partial charge in [0.25, 0.3) is 0 Å². The molecule has 0 spiro atoms. The van der Waals surface area contributed by atoms with Crippen LogP contribution in [0.4, 0.5) is 0 Å². The summed E-state index contributed by atoms with van der Waals surface area (Å²) in [5.41, 5.74) is 7.24. The smallest absolute Gasteiger partial charge is 0.314 e. The highest BCUT2D eigenvalue weighted by Crippen LogP contribution is 2.51. The van der Waals surface area contributed by atoms with Gasteiger partial charge in [-0.15, -0.1) is 0 Å². The van der Waals surface area contributed by atoms with Crippen molar-refractivity contribution < 1.29 is 13.6 Å². The summed E-state index contributed by atoms with van der Waals surface area (Å²) in [7, 11) is -3.23. The van der Waals surface area contributed by atoms with Gasteiger partial charge in [0, 0.05) is 0 Å². The summed E-state index contributed by atoms with van der Waals surface area (Å²) in [5.74, 6) is -0.700. The Bertz CT molecular complexity index is 452. The van der Waals surface area contributed by atoms with Gasteiger partial charge in [0.1, 0.15) is 5.78 Å². The molecule has 0 aliphatic carbocycles. The van der Waals surface area contributed by atoms with Gasteiger partial charge in [0.05, 0.1) is 13.2 Å². The summed E-state index contributed by atoms with van der Waals surface area (Å²) >= 11 is 0. The Kier molecular flexibility index (Phi) is 8.55. The number of rotatable bonds is 10. The molecule has 2 N–H and O–H groups in total. The molecule has 0 aliphatic heterocycles. The molecule has 0 amide bonds. The average molecular weight is 311 g/mol. The number of allylic oxidation sites excluding steroid dienone is 1. The van der Waals surface area contributed by atoms with E-state index in [-0.39, 0.29) is 0 Å². The standard InChI is InChI=1S/C16H26NO3P/c1-3-19-21(18,20-4-2)16(17)14-10-6-9-13-15-11-7-5-8-12-15/h5,7-8,10-12,14,16H,3-4,6,9,13,17H2,1-2H3/t16-/m0/s1. The van der Waals surface area contributed by atoms with Crippen LogP contribution < -0.4 is 5.73 Å². The normalized spacial score (nSPS) is 13.7. The molecule has 1 atom stereocenters. The third-order valence-electron chi connectivity index (χ3n) is 3.00. The summed E-state index contributed by atoms with van der Waals surface area (Å²) in [4.78, 5) is 0. The highest BCUT2D eigenvalue weighted by molar-refractivity contribution is 7.54. The van der Waals surface area contributed by atoms with Crippen molar-refractivity contribution in [3.05, 3.63) is 48.0 Å². The predicted octanol–water partition coefficient (Wildman–Crippen LogP) is 4.12. The Balaban J connectivity index is 2.39. The number of nitrogens with two attached hydrogens (primary N) is 1. The molecule has 5 heteroatoms. The summed E-state index contributed by atoms with van der Waals surface area (Å²) in [6.07, 6.45) is 6.63. The van der Waals surface area contributed by atoms with Crippen LogP contribution in [0, 0.1) is 0 Å². The molecule has 0 fully saturated rings. The lowest BCUT2D eigenvalue weighted by Gasteiger charge is -2.20. The highest BCUT2D eigenvalue weighted by Gasteiger charge is 2.30. The maximum atomic E-state index is 12.4. The van der Waals surface area contributed by atoms with Crippen LogP contribution in [-0.4, -0.2) is 19.0 Å². The minimum atomic E-state index is -3.23. The van der Waals surface area contributed by atoms with E-state index in [2.05, 4.69) is 12.1 Å². The Morgan fingerprint density at radius 3 is 2.38 bits per heavy atom. The second-order valence-corrected chi connectivity index (χ2v) is 6.86. The van der Waals surface area contributed by atoms with Gasteiger partial charge in [0.15, 0.2) is 0 Å². The lowest BCUT2D eigenvalue weighted by atomic mass is 10.1. The Morgan fingerprint density at radius 1 is 1.19 bits per heavy atom. The van der Waals surface area contributed by atoms with Crippen molar-refractivity contribution in [3.8, 4) is 0 Å². The van der Waals surface area contributed by atoms with Crippen LogP contribution in [0.15, 0.2) is 42.5 Å². The summed E-state index contributed by atoms with van der Waals surface area (Å²) < 4.78 is 22.8. The molecular weight excluding hydrogens is 285 g/mol. The molecule has 0 heterocycles. The van der Waals surface area contributed by atoms with Crippen LogP contribution in [0.2, 0.25) is 0 Å². The largest absolute Gasteiger partial charge is 0.351 e. The van der Waals surface area contributed by atoms with Crippen molar-refractivity contribution in [1.82, 2.24) is 0 Å². The van der Waals surface area contributed by atoms with E-state index in [0.717, 1.165) is 19.3 Å². The fraction of sp³-hybridized carbons (Fsp3) is 0.500. The topological polar surface area (TPSA) is 61.5 Å². The van der Waals surface area contributed by atoms with Crippen molar-refractivity contribution in [3.63, 3.8) is 0 Å². The van der Waals surface area contributed by atoms with Crippen LogP contribution in [0.5, 0.6) is 0 Å². The lowest BCUT2D eigenvalue weighted by Crippen LogP contribution is -2.20. The second-order valence-electron chi connectivity index (χ2n) is 4.67. The molecule has 0 saturated heterocycles. The Hall–Kier alpha value is -0.930. The molecule has 1 aromatic carbocycles. The molecule has 0 saturated carbocycles. The molecule has 21 heavy (non-hydrogen) atoms. The van der Waals surface area contributed by atoms with E-state index in [1.54, 1.807) is 19.9 Å². The number of hydrogen-bond donors (Lipinski definition) is 1. The fourth-order valence-electron chi connectivity index (χ4n) is 1.98. The van der Waals surface area contributed by atoms with Gasteiger partial charge in [-0.3, -0.25) is 4.57 Å². The third kappa shape index (κ3) is 6.58. The maximum absolute atomic E-state index is 12.4. The zero-order valence-corrected chi connectivity index (χ0v) is 13.8. The van der Waals surface area contributed by atoms with Crippen molar-refractivity contribution in [2.24, 2.45) is 5.73 Å². The highest BCUT2D eigenvalue weighted by atomic mass is 31.2. The van der Waals surface area contributed by atoms with Crippen molar-refractivity contribution in [1.29, 1.82) is 0 Å². The molecule has 118 valence electrons. The van der Waals surface area contributed by atoms with Gasteiger partial charge >= 0.3 is 7.60 Å². The first-order valence-electron chi connectivity index (χ1n) is 7.47. The van der Waals surface area contributed by atoms with Crippen LogP contribution in [0.3, 0.4) is 0 Å². The van der Waals surface area contributed by atoms with Crippen LogP contribution >= 0.6 is 7.60 Å². The van der Waals surface area contributed by atoms with Gasteiger partial charge in [-0.1, -0.05) is 42.5 Å². The van der Waals surface area contributed by atoms with Crippen molar-refractivity contribution in [2.45, 2.75) is 38.9 Å². The molecule has 0 aromatic heterocycles. The minimum absolute atomic E-state index is 0.326.